The normalized spacial score (nSPS) is 19.6. The van der Waals surface area contributed by atoms with Gasteiger partial charge in [0.05, 0.1) is 12.5 Å². The Morgan fingerprint density at radius 1 is 1.38 bits per heavy atom. The van der Waals surface area contributed by atoms with Gasteiger partial charge < -0.3 is 10.1 Å². The fraction of sp³-hybridized carbons (Fsp3) is 0.462. The summed E-state index contributed by atoms with van der Waals surface area (Å²) in [5, 5.41) is 2.91. The van der Waals surface area contributed by atoms with Gasteiger partial charge >= 0.3 is 0 Å². The van der Waals surface area contributed by atoms with E-state index >= 15 is 0 Å². The molecule has 0 radical (unpaired) electrons. The number of benzene rings is 1. The van der Waals surface area contributed by atoms with Crippen LogP contribution >= 0.6 is 0 Å². The molecule has 1 amide bonds. The van der Waals surface area contributed by atoms with E-state index in [1.807, 2.05) is 30.3 Å². The van der Waals surface area contributed by atoms with E-state index in [1.54, 1.807) is 0 Å². The van der Waals surface area contributed by atoms with Crippen molar-refractivity contribution in [3.8, 4) is 0 Å². The van der Waals surface area contributed by atoms with E-state index in [1.165, 1.54) is 0 Å². The summed E-state index contributed by atoms with van der Waals surface area (Å²) in [7, 11) is 0. The summed E-state index contributed by atoms with van der Waals surface area (Å²) in [5.41, 5.74) is 1.05. The predicted octanol–water partition coefficient (Wildman–Crippen LogP) is 1.52. The SMILES string of the molecule is O=C(Cc1ccccc1)NC[C@@H]1CCCO1. The molecule has 0 saturated carbocycles. The van der Waals surface area contributed by atoms with Crippen LogP contribution in [-0.4, -0.2) is 25.2 Å². The molecule has 1 N–H and O–H groups in total. The zero-order chi connectivity index (χ0) is 11.2. The number of nitrogens with one attached hydrogen (secondary N) is 1. The third kappa shape index (κ3) is 3.35. The largest absolute Gasteiger partial charge is 0.376 e. The highest BCUT2D eigenvalue weighted by Gasteiger charge is 2.15. The first kappa shape index (κ1) is 11.1. The monoisotopic (exact) mass is 219 g/mol. The summed E-state index contributed by atoms with van der Waals surface area (Å²) in [6.45, 7) is 1.48. The van der Waals surface area contributed by atoms with Gasteiger partial charge in [-0.3, -0.25) is 4.79 Å². The molecule has 1 aliphatic heterocycles. The molecule has 1 saturated heterocycles. The molecule has 1 aromatic rings. The van der Waals surface area contributed by atoms with E-state index in [9.17, 15) is 4.79 Å². The molecule has 1 atom stereocenters. The first-order valence-corrected chi connectivity index (χ1v) is 5.77. The van der Waals surface area contributed by atoms with Crippen molar-refractivity contribution in [1.82, 2.24) is 5.32 Å². The maximum atomic E-state index is 11.6. The molecule has 0 spiro atoms. The highest BCUT2D eigenvalue weighted by molar-refractivity contribution is 5.78. The molecule has 1 fully saturated rings. The highest BCUT2D eigenvalue weighted by atomic mass is 16.5. The zero-order valence-corrected chi connectivity index (χ0v) is 9.32. The third-order valence-corrected chi connectivity index (χ3v) is 2.76. The quantitative estimate of drug-likeness (QED) is 0.834. The standard InChI is InChI=1S/C13H17NO2/c15-13(9-11-5-2-1-3-6-11)14-10-12-7-4-8-16-12/h1-3,5-6,12H,4,7-10H2,(H,14,15)/t12-/m0/s1. The predicted molar refractivity (Wildman–Crippen MR) is 62.1 cm³/mol. The Labute approximate surface area is 95.8 Å². The van der Waals surface area contributed by atoms with Crippen LogP contribution in [0.1, 0.15) is 18.4 Å². The molecule has 2 rings (SSSR count). The van der Waals surface area contributed by atoms with Crippen LogP contribution in [0.25, 0.3) is 0 Å². The summed E-state index contributed by atoms with van der Waals surface area (Å²) in [4.78, 5) is 11.6. The number of amides is 1. The lowest BCUT2D eigenvalue weighted by atomic mass is 10.1. The van der Waals surface area contributed by atoms with Crippen LogP contribution in [0, 0.1) is 0 Å². The molecule has 16 heavy (non-hydrogen) atoms. The van der Waals surface area contributed by atoms with Crippen LogP contribution in [0.2, 0.25) is 0 Å². The molecule has 1 heterocycles. The maximum Gasteiger partial charge on any atom is 0.224 e. The van der Waals surface area contributed by atoms with Gasteiger partial charge in [-0.05, 0) is 18.4 Å². The minimum atomic E-state index is 0.0710. The van der Waals surface area contributed by atoms with E-state index in [2.05, 4.69) is 5.32 Å². The van der Waals surface area contributed by atoms with Crippen molar-refractivity contribution in [2.75, 3.05) is 13.2 Å². The van der Waals surface area contributed by atoms with Crippen molar-refractivity contribution < 1.29 is 9.53 Å². The Kier molecular flexibility index (Phi) is 3.94. The topological polar surface area (TPSA) is 38.3 Å². The van der Waals surface area contributed by atoms with Crippen molar-refractivity contribution in [2.45, 2.75) is 25.4 Å². The minimum absolute atomic E-state index is 0.0710. The van der Waals surface area contributed by atoms with E-state index in [-0.39, 0.29) is 12.0 Å². The van der Waals surface area contributed by atoms with Crippen molar-refractivity contribution in [2.24, 2.45) is 0 Å². The van der Waals surface area contributed by atoms with Gasteiger partial charge in [0.25, 0.3) is 0 Å². The van der Waals surface area contributed by atoms with Gasteiger partial charge in [-0.25, -0.2) is 0 Å². The number of ether oxygens (including phenoxy) is 1. The van der Waals surface area contributed by atoms with Gasteiger partial charge in [-0.15, -0.1) is 0 Å². The molecule has 1 aromatic carbocycles. The fourth-order valence-electron chi connectivity index (χ4n) is 1.88. The van der Waals surface area contributed by atoms with Gasteiger partial charge in [0.2, 0.25) is 5.91 Å². The number of hydrogen-bond donors (Lipinski definition) is 1. The van der Waals surface area contributed by atoms with Crippen LogP contribution in [0.4, 0.5) is 0 Å². The van der Waals surface area contributed by atoms with Crippen LogP contribution in [0.15, 0.2) is 30.3 Å². The van der Waals surface area contributed by atoms with Crippen LogP contribution in [-0.2, 0) is 16.0 Å². The zero-order valence-electron chi connectivity index (χ0n) is 9.32. The van der Waals surface area contributed by atoms with Crippen molar-refractivity contribution >= 4 is 5.91 Å². The lowest BCUT2D eigenvalue weighted by molar-refractivity contribution is -0.120. The van der Waals surface area contributed by atoms with Crippen LogP contribution in [0.5, 0.6) is 0 Å². The minimum Gasteiger partial charge on any atom is -0.376 e. The maximum absolute atomic E-state index is 11.6. The molecule has 0 aliphatic carbocycles. The molecular weight excluding hydrogens is 202 g/mol. The molecule has 0 unspecified atom stereocenters. The lowest BCUT2D eigenvalue weighted by Gasteiger charge is -2.10. The first-order chi connectivity index (χ1) is 7.84. The number of carbonyl (C=O) groups is 1. The summed E-state index contributed by atoms with van der Waals surface area (Å²) < 4.78 is 5.44. The van der Waals surface area contributed by atoms with Crippen molar-refractivity contribution in [3.05, 3.63) is 35.9 Å². The Bertz CT molecular complexity index is 331. The number of rotatable bonds is 4. The molecule has 0 bridgehead atoms. The number of carbonyl (C=O) groups excluding carboxylic acids is 1. The second-order valence-corrected chi connectivity index (χ2v) is 4.10. The van der Waals surface area contributed by atoms with Gasteiger partial charge in [0.15, 0.2) is 0 Å². The summed E-state index contributed by atoms with van der Waals surface area (Å²) in [6, 6.07) is 9.77. The molecule has 0 aromatic heterocycles. The van der Waals surface area contributed by atoms with Gasteiger partial charge in [-0.2, -0.15) is 0 Å². The second kappa shape index (κ2) is 5.66. The Morgan fingerprint density at radius 3 is 2.88 bits per heavy atom. The fourth-order valence-corrected chi connectivity index (χ4v) is 1.88. The van der Waals surface area contributed by atoms with Crippen molar-refractivity contribution in [3.63, 3.8) is 0 Å². The second-order valence-electron chi connectivity index (χ2n) is 4.10. The molecular formula is C13H17NO2. The Balaban J connectivity index is 1.72. The third-order valence-electron chi connectivity index (χ3n) is 2.76. The van der Waals surface area contributed by atoms with Gasteiger partial charge in [-0.1, -0.05) is 30.3 Å². The van der Waals surface area contributed by atoms with E-state index in [4.69, 9.17) is 4.74 Å². The van der Waals surface area contributed by atoms with E-state index in [0.717, 1.165) is 25.0 Å². The average Bonchev–Trinajstić information content (AvgIpc) is 2.81. The molecule has 3 heteroatoms. The highest BCUT2D eigenvalue weighted by Crippen LogP contribution is 2.10. The summed E-state index contributed by atoms with van der Waals surface area (Å²) in [6.07, 6.45) is 2.85. The smallest absolute Gasteiger partial charge is 0.224 e. The molecule has 3 nitrogen and oxygen atoms in total. The first-order valence-electron chi connectivity index (χ1n) is 5.77. The Morgan fingerprint density at radius 2 is 2.19 bits per heavy atom. The van der Waals surface area contributed by atoms with Crippen LogP contribution < -0.4 is 5.32 Å². The van der Waals surface area contributed by atoms with Crippen molar-refractivity contribution in [1.29, 1.82) is 0 Å². The average molecular weight is 219 g/mol. The summed E-state index contributed by atoms with van der Waals surface area (Å²) >= 11 is 0. The van der Waals surface area contributed by atoms with Gasteiger partial charge in [0.1, 0.15) is 0 Å². The lowest BCUT2D eigenvalue weighted by Crippen LogP contribution is -2.32. The van der Waals surface area contributed by atoms with E-state index in [0.29, 0.717) is 13.0 Å². The molecule has 1 aliphatic rings. The van der Waals surface area contributed by atoms with Crippen LogP contribution in [0.3, 0.4) is 0 Å². The van der Waals surface area contributed by atoms with E-state index < -0.39 is 0 Å². The summed E-state index contributed by atoms with van der Waals surface area (Å²) in [5.74, 6) is 0.0710. The molecule has 86 valence electrons. The number of hydrogen-bond acceptors (Lipinski definition) is 2. The van der Waals surface area contributed by atoms with Gasteiger partial charge in [0, 0.05) is 13.2 Å². The Hall–Kier alpha value is -1.35.